The maximum atomic E-state index is 13.3. The van der Waals surface area contributed by atoms with E-state index in [4.69, 9.17) is 9.47 Å². The SMILES string of the molecule is CCOc1ccc(C(=O)N2CCN(Cc3ccccc3)CC2)cc1COc1ccc2ccccc2c1. The van der Waals surface area contributed by atoms with Gasteiger partial charge in [0, 0.05) is 43.9 Å². The predicted molar refractivity (Wildman–Crippen MR) is 144 cm³/mol. The van der Waals surface area contributed by atoms with E-state index in [1.807, 2.05) is 60.4 Å². The highest BCUT2D eigenvalue weighted by Gasteiger charge is 2.23. The van der Waals surface area contributed by atoms with Crippen molar-refractivity contribution in [3.63, 3.8) is 0 Å². The number of hydrogen-bond acceptors (Lipinski definition) is 4. The lowest BCUT2D eigenvalue weighted by atomic mass is 10.1. The Bertz CT molecular complexity index is 1310. The van der Waals surface area contributed by atoms with Crippen LogP contribution in [0, 0.1) is 0 Å². The van der Waals surface area contributed by atoms with Crippen LogP contribution in [0.3, 0.4) is 0 Å². The zero-order chi connectivity index (χ0) is 24.7. The summed E-state index contributed by atoms with van der Waals surface area (Å²) in [5.41, 5.74) is 2.85. The average molecular weight is 481 g/mol. The second-order valence-electron chi connectivity index (χ2n) is 9.11. The van der Waals surface area contributed by atoms with E-state index in [1.165, 1.54) is 10.9 Å². The van der Waals surface area contributed by atoms with Crippen LogP contribution in [0.4, 0.5) is 0 Å². The molecule has 0 bridgehead atoms. The molecule has 4 aromatic rings. The van der Waals surface area contributed by atoms with E-state index in [0.717, 1.165) is 55.2 Å². The highest BCUT2D eigenvalue weighted by molar-refractivity contribution is 5.94. The molecule has 1 amide bonds. The van der Waals surface area contributed by atoms with E-state index < -0.39 is 0 Å². The number of ether oxygens (including phenoxy) is 2. The number of hydrogen-bond donors (Lipinski definition) is 0. The number of amides is 1. The van der Waals surface area contributed by atoms with Crippen molar-refractivity contribution >= 4 is 16.7 Å². The first kappa shape index (κ1) is 23.9. The molecule has 1 aliphatic heterocycles. The van der Waals surface area contributed by atoms with E-state index in [0.29, 0.717) is 18.8 Å². The number of fused-ring (bicyclic) bond motifs is 1. The van der Waals surface area contributed by atoms with Crippen LogP contribution in [0.15, 0.2) is 91.0 Å². The molecule has 0 radical (unpaired) electrons. The van der Waals surface area contributed by atoms with Gasteiger partial charge in [-0.2, -0.15) is 0 Å². The van der Waals surface area contributed by atoms with E-state index in [9.17, 15) is 4.79 Å². The molecule has 0 saturated carbocycles. The zero-order valence-corrected chi connectivity index (χ0v) is 20.7. The highest BCUT2D eigenvalue weighted by atomic mass is 16.5. The largest absolute Gasteiger partial charge is 0.493 e. The Morgan fingerprint density at radius 2 is 1.53 bits per heavy atom. The second kappa shape index (κ2) is 11.3. The summed E-state index contributed by atoms with van der Waals surface area (Å²) in [5, 5.41) is 2.31. The summed E-state index contributed by atoms with van der Waals surface area (Å²) in [4.78, 5) is 17.7. The van der Waals surface area contributed by atoms with Crippen LogP contribution in [-0.4, -0.2) is 48.5 Å². The summed E-state index contributed by atoms with van der Waals surface area (Å²) in [6, 6.07) is 30.5. The maximum Gasteiger partial charge on any atom is 0.253 e. The van der Waals surface area contributed by atoms with Gasteiger partial charge in [-0.1, -0.05) is 60.7 Å². The molecule has 5 heteroatoms. The molecule has 1 heterocycles. The molecule has 5 rings (SSSR count). The third-order valence-electron chi connectivity index (χ3n) is 6.63. The maximum absolute atomic E-state index is 13.3. The second-order valence-corrected chi connectivity index (χ2v) is 9.11. The molecule has 1 fully saturated rings. The molecule has 0 spiro atoms. The molecule has 0 aliphatic carbocycles. The number of benzene rings is 4. The van der Waals surface area contributed by atoms with Crippen LogP contribution in [0.25, 0.3) is 10.8 Å². The number of carbonyl (C=O) groups excluding carboxylic acids is 1. The molecular weight excluding hydrogens is 448 g/mol. The van der Waals surface area contributed by atoms with Gasteiger partial charge in [0.05, 0.1) is 6.61 Å². The number of carbonyl (C=O) groups is 1. The molecule has 36 heavy (non-hydrogen) atoms. The van der Waals surface area contributed by atoms with Gasteiger partial charge in [0.1, 0.15) is 18.1 Å². The Kier molecular flexibility index (Phi) is 7.48. The lowest BCUT2D eigenvalue weighted by Crippen LogP contribution is -2.48. The van der Waals surface area contributed by atoms with E-state index in [1.54, 1.807) is 0 Å². The third-order valence-corrected chi connectivity index (χ3v) is 6.63. The van der Waals surface area contributed by atoms with E-state index >= 15 is 0 Å². The fourth-order valence-corrected chi connectivity index (χ4v) is 4.67. The Balaban J connectivity index is 1.25. The van der Waals surface area contributed by atoms with E-state index in [-0.39, 0.29) is 5.91 Å². The van der Waals surface area contributed by atoms with E-state index in [2.05, 4.69) is 47.4 Å². The number of nitrogens with zero attached hydrogens (tertiary/aromatic N) is 2. The van der Waals surface area contributed by atoms with Crippen molar-refractivity contribution in [3.8, 4) is 11.5 Å². The van der Waals surface area contributed by atoms with Crippen molar-refractivity contribution in [1.29, 1.82) is 0 Å². The lowest BCUT2D eigenvalue weighted by Gasteiger charge is -2.35. The fraction of sp³-hybridized carbons (Fsp3) is 0.258. The number of piperazine rings is 1. The van der Waals surface area contributed by atoms with Gasteiger partial charge in [-0.15, -0.1) is 0 Å². The monoisotopic (exact) mass is 480 g/mol. The van der Waals surface area contributed by atoms with Crippen LogP contribution in [-0.2, 0) is 13.2 Å². The summed E-state index contributed by atoms with van der Waals surface area (Å²) in [6.45, 7) is 6.96. The minimum Gasteiger partial charge on any atom is -0.493 e. The predicted octanol–water partition coefficient (Wildman–Crippen LogP) is 5.78. The first-order chi connectivity index (χ1) is 17.7. The van der Waals surface area contributed by atoms with Crippen LogP contribution in [0.2, 0.25) is 0 Å². The van der Waals surface area contributed by atoms with Crippen molar-refractivity contribution in [2.45, 2.75) is 20.1 Å². The third kappa shape index (κ3) is 5.69. The summed E-state index contributed by atoms with van der Waals surface area (Å²) in [7, 11) is 0. The quantitative estimate of drug-likeness (QED) is 0.321. The van der Waals surface area contributed by atoms with Crippen molar-refractivity contribution < 1.29 is 14.3 Å². The Labute approximate surface area is 212 Å². The topological polar surface area (TPSA) is 42.0 Å². The summed E-state index contributed by atoms with van der Waals surface area (Å²) < 4.78 is 12.0. The minimum absolute atomic E-state index is 0.0596. The van der Waals surface area contributed by atoms with Gasteiger partial charge >= 0.3 is 0 Å². The van der Waals surface area contributed by atoms with Gasteiger partial charge in [0.25, 0.3) is 5.91 Å². The Morgan fingerprint density at radius 3 is 2.31 bits per heavy atom. The lowest BCUT2D eigenvalue weighted by molar-refractivity contribution is 0.0628. The van der Waals surface area contributed by atoms with Crippen molar-refractivity contribution in [2.24, 2.45) is 0 Å². The average Bonchev–Trinajstić information content (AvgIpc) is 2.93. The van der Waals surface area contributed by atoms with Gasteiger partial charge in [0.15, 0.2) is 0 Å². The summed E-state index contributed by atoms with van der Waals surface area (Å²) in [6.07, 6.45) is 0. The first-order valence-corrected chi connectivity index (χ1v) is 12.6. The molecule has 5 nitrogen and oxygen atoms in total. The fourth-order valence-electron chi connectivity index (χ4n) is 4.67. The van der Waals surface area contributed by atoms with Gasteiger partial charge in [-0.25, -0.2) is 0 Å². The van der Waals surface area contributed by atoms with Gasteiger partial charge in [0.2, 0.25) is 0 Å². The van der Waals surface area contributed by atoms with Crippen LogP contribution in [0.1, 0.15) is 28.4 Å². The normalized spacial score (nSPS) is 14.1. The molecule has 0 unspecified atom stereocenters. The van der Waals surface area contributed by atoms with Crippen molar-refractivity contribution in [2.75, 3.05) is 32.8 Å². The molecule has 0 aromatic heterocycles. The van der Waals surface area contributed by atoms with Gasteiger partial charge in [-0.3, -0.25) is 9.69 Å². The molecule has 1 saturated heterocycles. The summed E-state index contributed by atoms with van der Waals surface area (Å²) in [5.74, 6) is 1.61. The first-order valence-electron chi connectivity index (χ1n) is 12.6. The molecular formula is C31H32N2O3. The molecule has 4 aromatic carbocycles. The highest BCUT2D eigenvalue weighted by Crippen LogP contribution is 2.26. The minimum atomic E-state index is 0.0596. The van der Waals surface area contributed by atoms with Crippen LogP contribution in [0.5, 0.6) is 11.5 Å². The molecule has 0 N–H and O–H groups in total. The standard InChI is InChI=1S/C31H32N2O3/c1-2-35-30-15-13-27(20-28(30)23-36-29-14-12-25-10-6-7-11-26(25)21-29)31(34)33-18-16-32(17-19-33)22-24-8-4-3-5-9-24/h3-15,20-21H,2,16-19,22-23H2,1H3. The molecule has 184 valence electrons. The van der Waals surface area contributed by atoms with Gasteiger partial charge in [-0.05, 0) is 53.6 Å². The van der Waals surface area contributed by atoms with Crippen molar-refractivity contribution in [3.05, 3.63) is 108 Å². The van der Waals surface area contributed by atoms with Crippen LogP contribution < -0.4 is 9.47 Å². The Morgan fingerprint density at radius 1 is 0.778 bits per heavy atom. The smallest absolute Gasteiger partial charge is 0.253 e. The number of rotatable bonds is 8. The Hall–Kier alpha value is -3.83. The van der Waals surface area contributed by atoms with Crippen LogP contribution >= 0.6 is 0 Å². The zero-order valence-electron chi connectivity index (χ0n) is 20.7. The molecule has 0 atom stereocenters. The molecule has 1 aliphatic rings. The van der Waals surface area contributed by atoms with Gasteiger partial charge < -0.3 is 14.4 Å². The summed E-state index contributed by atoms with van der Waals surface area (Å²) >= 11 is 0. The van der Waals surface area contributed by atoms with Crippen molar-refractivity contribution in [1.82, 2.24) is 9.80 Å².